The van der Waals surface area contributed by atoms with Crippen LogP contribution in [0.5, 0.6) is 0 Å². The summed E-state index contributed by atoms with van der Waals surface area (Å²) in [5.41, 5.74) is 3.43. The zero-order chi connectivity index (χ0) is 15.2. The quantitative estimate of drug-likeness (QED) is 0.308. The lowest BCUT2D eigenvalue weighted by molar-refractivity contribution is -0.359. The number of carbonyl (C=O) groups excluding carboxylic acids is 1. The maximum Gasteiger partial charge on any atom is 0.361 e. The second-order valence-electron chi connectivity index (χ2n) is 4.82. The van der Waals surface area contributed by atoms with E-state index in [0.717, 1.165) is 13.0 Å². The van der Waals surface area contributed by atoms with E-state index in [1.165, 1.54) is 0 Å². The second-order valence-corrected chi connectivity index (χ2v) is 4.82. The fraction of sp³-hybridized carbons (Fsp3) is 0.867. The highest BCUT2D eigenvalue weighted by Gasteiger charge is 2.05. The van der Waals surface area contributed by atoms with Gasteiger partial charge in [-0.1, -0.05) is 20.3 Å². The number of quaternary nitrogens is 1. The molecule has 6 nitrogen and oxygen atoms in total. The van der Waals surface area contributed by atoms with Crippen molar-refractivity contribution >= 4 is 5.97 Å². The molecule has 3 N–H and O–H groups in total. The maximum absolute atomic E-state index is 10.8. The molecule has 0 spiro atoms. The summed E-state index contributed by atoms with van der Waals surface area (Å²) in [6.45, 7) is 9.46. The van der Waals surface area contributed by atoms with Gasteiger partial charge in [0, 0.05) is 6.61 Å². The fourth-order valence-corrected chi connectivity index (χ4v) is 1.25. The van der Waals surface area contributed by atoms with Crippen LogP contribution in [-0.4, -0.2) is 58.3 Å². The van der Waals surface area contributed by atoms with Crippen LogP contribution in [0, 0.1) is 13.3 Å². The largest absolute Gasteiger partial charge is 0.459 e. The maximum atomic E-state index is 10.8. The summed E-state index contributed by atoms with van der Waals surface area (Å²) >= 11 is 0. The van der Waals surface area contributed by atoms with Crippen molar-refractivity contribution in [2.75, 3.05) is 46.2 Å². The summed E-state index contributed by atoms with van der Waals surface area (Å²) in [7, 11) is 0. The van der Waals surface area contributed by atoms with Gasteiger partial charge in [0.1, 0.15) is 6.61 Å². The Morgan fingerprint density at radius 3 is 2.29 bits per heavy atom. The summed E-state index contributed by atoms with van der Waals surface area (Å²) in [4.78, 5) is 10.8. The fourth-order valence-electron chi connectivity index (χ4n) is 1.25. The summed E-state index contributed by atoms with van der Waals surface area (Å²) < 4.78 is 21.2. The number of ether oxygens (including phenoxy) is 4. The molecular formula is C15H33NO5. The molecule has 0 radical (unpaired) electrons. The van der Waals surface area contributed by atoms with Crippen molar-refractivity contribution < 1.29 is 29.5 Å². The van der Waals surface area contributed by atoms with Crippen LogP contribution >= 0.6 is 0 Å². The molecule has 0 aromatic heterocycles. The van der Waals surface area contributed by atoms with Gasteiger partial charge in [0.15, 0.2) is 6.54 Å². The van der Waals surface area contributed by atoms with Crippen LogP contribution in [0.1, 0.15) is 27.2 Å². The van der Waals surface area contributed by atoms with Crippen LogP contribution in [-0.2, 0) is 23.7 Å². The van der Waals surface area contributed by atoms with Crippen molar-refractivity contribution in [1.82, 2.24) is 0 Å². The number of esters is 1. The Labute approximate surface area is 129 Å². The normalized spacial score (nSPS) is 13.3. The van der Waals surface area contributed by atoms with Crippen LogP contribution < -0.4 is 5.73 Å². The predicted molar refractivity (Wildman–Crippen MR) is 81.6 cm³/mol. The van der Waals surface area contributed by atoms with Crippen molar-refractivity contribution in [3.63, 3.8) is 0 Å². The lowest BCUT2D eigenvalue weighted by Gasteiger charge is -2.16. The molecule has 0 amide bonds. The van der Waals surface area contributed by atoms with E-state index in [2.05, 4.69) is 19.6 Å². The number of rotatable bonds is 13. The Morgan fingerprint density at radius 1 is 1.05 bits per heavy atom. The average molecular weight is 307 g/mol. The highest BCUT2D eigenvalue weighted by atomic mass is 16.6. The molecule has 0 aromatic rings. The molecule has 0 saturated heterocycles. The molecule has 6 heteroatoms. The number of hydrogen-bond acceptors (Lipinski definition) is 5. The van der Waals surface area contributed by atoms with Gasteiger partial charge in [0.25, 0.3) is 0 Å². The summed E-state index contributed by atoms with van der Waals surface area (Å²) in [5, 5.41) is 0. The average Bonchev–Trinajstić information content (AvgIpc) is 2.46. The van der Waals surface area contributed by atoms with Gasteiger partial charge in [-0.05, 0) is 12.8 Å². The Kier molecular flexibility index (Phi) is 16.9. The molecule has 0 saturated carbocycles. The molecule has 2 atom stereocenters. The molecule has 0 fully saturated rings. The van der Waals surface area contributed by atoms with Crippen molar-refractivity contribution in [2.24, 2.45) is 5.92 Å². The van der Waals surface area contributed by atoms with E-state index in [-0.39, 0.29) is 32.7 Å². The van der Waals surface area contributed by atoms with Gasteiger partial charge in [-0.25, -0.2) is 4.79 Å². The molecule has 0 aliphatic carbocycles. The van der Waals surface area contributed by atoms with Gasteiger partial charge in [-0.15, -0.1) is 0 Å². The molecule has 0 aliphatic rings. The molecule has 2 unspecified atom stereocenters. The van der Waals surface area contributed by atoms with E-state index in [9.17, 15) is 4.79 Å². The molecule has 0 aromatic carbocycles. The van der Waals surface area contributed by atoms with Crippen molar-refractivity contribution in [3.8, 4) is 0 Å². The predicted octanol–water partition coefficient (Wildman–Crippen LogP) is 0.706. The zero-order valence-corrected chi connectivity index (χ0v) is 14.1. The van der Waals surface area contributed by atoms with Crippen LogP contribution in [0.2, 0.25) is 0 Å². The lowest BCUT2D eigenvalue weighted by Crippen LogP contribution is -2.54. The topological polar surface area (TPSA) is 81.6 Å². The zero-order valence-electron chi connectivity index (χ0n) is 14.1. The van der Waals surface area contributed by atoms with Crippen molar-refractivity contribution in [2.45, 2.75) is 33.3 Å². The van der Waals surface area contributed by atoms with Gasteiger partial charge >= 0.3 is 5.97 Å². The minimum absolute atomic E-state index is 0. The molecule has 0 bridgehead atoms. The van der Waals surface area contributed by atoms with Gasteiger partial charge < -0.3 is 32.1 Å². The van der Waals surface area contributed by atoms with E-state index in [1.54, 1.807) is 0 Å². The highest BCUT2D eigenvalue weighted by Crippen LogP contribution is 2.03. The molecular weight excluding hydrogens is 274 g/mol. The number of hydrogen-bond donors (Lipinski definition) is 1. The lowest BCUT2D eigenvalue weighted by atomic mass is 10.1. The van der Waals surface area contributed by atoms with E-state index >= 15 is 0 Å². The molecule has 21 heavy (non-hydrogen) atoms. The minimum Gasteiger partial charge on any atom is -0.459 e. The second kappa shape index (κ2) is 15.7. The standard InChI is InChI=1S/C14H29NO5.CH3/c1-4-12(2)10-20-13(3)11-18-6-5-17-7-8-19-14(16)9-15;/h12-13H,4-11,15H2,1-3H3;1H3/q;-1/p+1. The molecule has 0 rings (SSSR count). The Bertz CT molecular complexity index is 238. The Morgan fingerprint density at radius 2 is 1.67 bits per heavy atom. The van der Waals surface area contributed by atoms with Crippen LogP contribution in [0.3, 0.4) is 0 Å². The first-order chi connectivity index (χ1) is 9.60. The first-order valence-corrected chi connectivity index (χ1v) is 7.32. The van der Waals surface area contributed by atoms with Gasteiger partial charge in [0.05, 0.1) is 32.5 Å². The molecule has 0 heterocycles. The third-order valence-corrected chi connectivity index (χ3v) is 2.78. The molecule has 128 valence electrons. The van der Waals surface area contributed by atoms with E-state index in [4.69, 9.17) is 18.9 Å². The first kappa shape index (κ1) is 22.6. The molecule has 0 aliphatic heterocycles. The first-order valence-electron chi connectivity index (χ1n) is 7.32. The monoisotopic (exact) mass is 307 g/mol. The summed E-state index contributed by atoms with van der Waals surface area (Å²) in [6.07, 6.45) is 1.22. The Balaban J connectivity index is 0. The number of carbonyl (C=O) groups is 1. The summed E-state index contributed by atoms with van der Waals surface area (Å²) in [5.74, 6) is 0.277. The Hall–Kier alpha value is -0.690. The van der Waals surface area contributed by atoms with Gasteiger partial charge in [-0.2, -0.15) is 0 Å². The van der Waals surface area contributed by atoms with Crippen molar-refractivity contribution in [3.05, 3.63) is 7.43 Å². The van der Waals surface area contributed by atoms with E-state index < -0.39 is 0 Å². The third kappa shape index (κ3) is 15.5. The van der Waals surface area contributed by atoms with Crippen LogP contribution in [0.25, 0.3) is 0 Å². The summed E-state index contributed by atoms with van der Waals surface area (Å²) in [6, 6.07) is 0. The minimum atomic E-state index is -0.308. The van der Waals surface area contributed by atoms with Crippen LogP contribution in [0.4, 0.5) is 0 Å². The van der Waals surface area contributed by atoms with Gasteiger partial charge in [-0.3, -0.25) is 0 Å². The SMILES string of the molecule is CCC(C)COC(C)COCCOCCOC(=O)C[NH3+].[CH3-]. The smallest absolute Gasteiger partial charge is 0.361 e. The van der Waals surface area contributed by atoms with Gasteiger partial charge in [0.2, 0.25) is 0 Å². The van der Waals surface area contributed by atoms with E-state index in [1.807, 2.05) is 6.92 Å². The highest BCUT2D eigenvalue weighted by molar-refractivity contribution is 5.69. The van der Waals surface area contributed by atoms with Crippen LogP contribution in [0.15, 0.2) is 0 Å². The van der Waals surface area contributed by atoms with Crippen molar-refractivity contribution in [1.29, 1.82) is 0 Å². The van der Waals surface area contributed by atoms with E-state index in [0.29, 0.717) is 32.3 Å². The third-order valence-electron chi connectivity index (χ3n) is 2.78.